The molecule has 0 atom stereocenters. The molecule has 2 aliphatic rings. The molecule has 3 rings (SSSR count). The molecule has 0 unspecified atom stereocenters. The molecule has 10 nitrogen and oxygen atoms in total. The number of primary sulfonamides is 1. The first-order chi connectivity index (χ1) is 14.1. The summed E-state index contributed by atoms with van der Waals surface area (Å²) in [5, 5.41) is 5.20. The molecule has 30 heavy (non-hydrogen) atoms. The van der Waals surface area contributed by atoms with Gasteiger partial charge in [-0.25, -0.2) is 22.0 Å². The SMILES string of the molecule is CCOC(=O)CCCN1C(CN2CCOCC2)=Cc2cc(S(N)(=O)=O)sc2S1(=O)=O. The maximum absolute atomic E-state index is 13.3. The molecule has 1 aromatic rings. The first kappa shape index (κ1) is 23.2. The minimum atomic E-state index is -4.03. The van der Waals surface area contributed by atoms with Crippen molar-refractivity contribution in [2.75, 3.05) is 46.0 Å². The van der Waals surface area contributed by atoms with E-state index in [1.807, 2.05) is 0 Å². The van der Waals surface area contributed by atoms with Crippen LogP contribution in [0.1, 0.15) is 25.3 Å². The molecular formula is C17H25N3O7S3. The Morgan fingerprint density at radius 2 is 2.03 bits per heavy atom. The maximum Gasteiger partial charge on any atom is 0.305 e. The van der Waals surface area contributed by atoms with E-state index < -0.39 is 20.0 Å². The van der Waals surface area contributed by atoms with Gasteiger partial charge in [-0.2, -0.15) is 0 Å². The highest BCUT2D eigenvalue weighted by molar-refractivity contribution is 7.94. The van der Waals surface area contributed by atoms with Crippen LogP contribution < -0.4 is 5.14 Å². The van der Waals surface area contributed by atoms with Crippen molar-refractivity contribution < 1.29 is 31.1 Å². The number of hydrogen-bond acceptors (Lipinski definition) is 9. The highest BCUT2D eigenvalue weighted by Gasteiger charge is 2.36. The zero-order valence-corrected chi connectivity index (χ0v) is 19.0. The number of morpholine rings is 1. The monoisotopic (exact) mass is 479 g/mol. The summed E-state index contributed by atoms with van der Waals surface area (Å²) in [6.07, 6.45) is 2.05. The van der Waals surface area contributed by atoms with Gasteiger partial charge in [0.1, 0.15) is 8.42 Å². The number of nitrogens with zero attached hydrogens (tertiary/aromatic N) is 2. The van der Waals surface area contributed by atoms with Gasteiger partial charge in [-0.15, -0.1) is 11.3 Å². The van der Waals surface area contributed by atoms with E-state index in [4.69, 9.17) is 14.6 Å². The van der Waals surface area contributed by atoms with E-state index in [0.717, 1.165) is 0 Å². The van der Waals surface area contributed by atoms with Crippen molar-refractivity contribution in [2.24, 2.45) is 5.14 Å². The van der Waals surface area contributed by atoms with E-state index in [-0.39, 0.29) is 40.4 Å². The largest absolute Gasteiger partial charge is 0.466 e. The van der Waals surface area contributed by atoms with Crippen molar-refractivity contribution in [3.63, 3.8) is 0 Å². The van der Waals surface area contributed by atoms with Crippen LogP contribution in [-0.2, 0) is 34.3 Å². The third kappa shape index (κ3) is 5.21. The zero-order chi connectivity index (χ0) is 21.9. The molecule has 1 fully saturated rings. The fraction of sp³-hybridized carbons (Fsp3) is 0.588. The van der Waals surface area contributed by atoms with Gasteiger partial charge < -0.3 is 9.47 Å². The van der Waals surface area contributed by atoms with Crippen molar-refractivity contribution in [3.05, 3.63) is 17.3 Å². The summed E-state index contributed by atoms with van der Waals surface area (Å²) in [4.78, 5) is 13.7. The fourth-order valence-electron chi connectivity index (χ4n) is 3.29. The van der Waals surface area contributed by atoms with Gasteiger partial charge in [0, 0.05) is 43.9 Å². The van der Waals surface area contributed by atoms with Gasteiger partial charge in [-0.3, -0.25) is 14.0 Å². The molecule has 0 radical (unpaired) electrons. The molecule has 0 aliphatic carbocycles. The number of fused-ring (bicyclic) bond motifs is 1. The number of esters is 1. The quantitative estimate of drug-likeness (QED) is 0.530. The lowest BCUT2D eigenvalue weighted by molar-refractivity contribution is -0.143. The van der Waals surface area contributed by atoms with Crippen LogP contribution in [0.4, 0.5) is 0 Å². The van der Waals surface area contributed by atoms with E-state index in [0.29, 0.717) is 55.4 Å². The number of carbonyl (C=O) groups is 1. The average molecular weight is 480 g/mol. The van der Waals surface area contributed by atoms with Crippen LogP contribution in [0.5, 0.6) is 0 Å². The summed E-state index contributed by atoms with van der Waals surface area (Å²) in [7, 11) is -8.00. The van der Waals surface area contributed by atoms with Gasteiger partial charge >= 0.3 is 5.97 Å². The third-order valence-corrected chi connectivity index (χ3v) is 9.64. The Labute approximate surface area is 180 Å². The minimum absolute atomic E-state index is 0.0617. The van der Waals surface area contributed by atoms with Crippen molar-refractivity contribution in [2.45, 2.75) is 28.2 Å². The Kier molecular flexibility index (Phi) is 7.20. The Balaban J connectivity index is 1.91. The third-order valence-electron chi connectivity index (χ3n) is 4.69. The van der Waals surface area contributed by atoms with Crippen LogP contribution in [0.25, 0.3) is 6.08 Å². The number of thiophene rings is 1. The Morgan fingerprint density at radius 3 is 2.67 bits per heavy atom. The van der Waals surface area contributed by atoms with Crippen LogP contribution >= 0.6 is 11.3 Å². The molecule has 1 saturated heterocycles. The normalized spacial score (nSPS) is 19.3. The van der Waals surface area contributed by atoms with Crippen molar-refractivity contribution in [3.8, 4) is 0 Å². The molecule has 0 spiro atoms. The predicted molar refractivity (Wildman–Crippen MR) is 111 cm³/mol. The summed E-state index contributed by atoms with van der Waals surface area (Å²) in [6, 6.07) is 1.29. The molecule has 168 valence electrons. The van der Waals surface area contributed by atoms with Crippen LogP contribution in [0, 0.1) is 0 Å². The van der Waals surface area contributed by atoms with Crippen LogP contribution in [0.15, 0.2) is 20.2 Å². The summed E-state index contributed by atoms with van der Waals surface area (Å²) < 4.78 is 61.3. The number of carbonyl (C=O) groups excluding carboxylic acids is 1. The van der Waals surface area contributed by atoms with Gasteiger partial charge in [0.05, 0.1) is 19.8 Å². The highest BCUT2D eigenvalue weighted by Crippen LogP contribution is 2.39. The summed E-state index contributed by atoms with van der Waals surface area (Å²) >= 11 is 0.637. The Morgan fingerprint density at radius 1 is 1.33 bits per heavy atom. The molecule has 2 aliphatic heterocycles. The second kappa shape index (κ2) is 9.32. The maximum atomic E-state index is 13.3. The van der Waals surface area contributed by atoms with Crippen LogP contribution in [0.3, 0.4) is 0 Å². The number of sulfonamides is 2. The van der Waals surface area contributed by atoms with Gasteiger partial charge in [-0.05, 0) is 25.5 Å². The standard InChI is InChI=1S/C17H25N3O7S3/c1-2-27-15(21)4-3-5-20-14(12-19-6-8-26-9-7-19)10-13-11-16(29(18,22)23)28-17(13)30(20,24)25/h10-11H,2-9,12H2,1H3,(H2,18,22,23). The molecule has 0 amide bonds. The summed E-state index contributed by atoms with van der Waals surface area (Å²) in [6.45, 7) is 4.85. The Bertz CT molecular complexity index is 1020. The molecule has 0 bridgehead atoms. The predicted octanol–water partition coefficient (Wildman–Crippen LogP) is 0.416. The topological polar surface area (TPSA) is 136 Å². The van der Waals surface area contributed by atoms with E-state index in [1.165, 1.54) is 10.4 Å². The van der Waals surface area contributed by atoms with E-state index in [9.17, 15) is 21.6 Å². The minimum Gasteiger partial charge on any atom is -0.466 e. The van der Waals surface area contributed by atoms with Crippen molar-refractivity contribution in [1.82, 2.24) is 9.21 Å². The highest BCUT2D eigenvalue weighted by atomic mass is 32.3. The lowest BCUT2D eigenvalue weighted by atomic mass is 10.2. The lowest BCUT2D eigenvalue weighted by Crippen LogP contribution is -2.43. The molecule has 0 saturated carbocycles. The molecule has 1 aromatic heterocycles. The van der Waals surface area contributed by atoms with Crippen LogP contribution in [0.2, 0.25) is 0 Å². The van der Waals surface area contributed by atoms with Crippen LogP contribution in [-0.4, -0.2) is 78.0 Å². The smallest absolute Gasteiger partial charge is 0.305 e. The number of nitrogens with two attached hydrogens (primary N) is 1. The van der Waals surface area contributed by atoms with Gasteiger partial charge in [0.2, 0.25) is 10.0 Å². The van der Waals surface area contributed by atoms with E-state index >= 15 is 0 Å². The van der Waals surface area contributed by atoms with Gasteiger partial charge in [0.15, 0.2) is 0 Å². The summed E-state index contributed by atoms with van der Waals surface area (Å²) in [5.41, 5.74) is 0.834. The second-order valence-electron chi connectivity index (χ2n) is 6.86. The van der Waals surface area contributed by atoms with Crippen molar-refractivity contribution >= 4 is 43.4 Å². The zero-order valence-electron chi connectivity index (χ0n) is 16.6. The first-order valence-corrected chi connectivity index (χ1v) is 13.3. The number of hydrogen-bond donors (Lipinski definition) is 1. The number of ether oxygens (including phenoxy) is 2. The molecule has 0 aromatic carbocycles. The summed E-state index contributed by atoms with van der Waals surface area (Å²) in [5.74, 6) is -0.390. The Hall–Kier alpha value is -1.51. The van der Waals surface area contributed by atoms with Gasteiger partial charge in [-0.1, -0.05) is 0 Å². The first-order valence-electron chi connectivity index (χ1n) is 9.48. The number of rotatable bonds is 8. The molecule has 3 heterocycles. The average Bonchev–Trinajstić information content (AvgIpc) is 3.11. The molecule has 13 heteroatoms. The fourth-order valence-corrected chi connectivity index (χ4v) is 7.42. The molecule has 2 N–H and O–H groups in total. The van der Waals surface area contributed by atoms with E-state index in [1.54, 1.807) is 13.0 Å². The lowest BCUT2D eigenvalue weighted by Gasteiger charge is -2.34. The molecular weight excluding hydrogens is 454 g/mol. The van der Waals surface area contributed by atoms with Crippen molar-refractivity contribution in [1.29, 1.82) is 0 Å². The van der Waals surface area contributed by atoms with Gasteiger partial charge in [0.25, 0.3) is 10.0 Å². The van der Waals surface area contributed by atoms with E-state index in [2.05, 4.69) is 4.90 Å². The second-order valence-corrected chi connectivity index (χ2v) is 11.8.